The number of thioether (sulfide) groups is 1. The standard InChI is InChI=1S/C18H26FN3O2S/c1-3-10-22(16-8-9-20-11-16)18(24)13(2)25-12-17(23)21-15-6-4-14(19)5-7-15/h4-7,13,16,20H,3,8-12H2,1-2H3,(H,21,23). The molecule has 1 fully saturated rings. The lowest BCUT2D eigenvalue weighted by molar-refractivity contribution is -0.132. The van der Waals surface area contributed by atoms with E-state index in [1.165, 1.54) is 36.0 Å². The van der Waals surface area contributed by atoms with Gasteiger partial charge in [-0.1, -0.05) is 6.92 Å². The first-order chi connectivity index (χ1) is 12.0. The number of benzene rings is 1. The third-order valence-corrected chi connectivity index (χ3v) is 5.29. The number of nitrogens with zero attached hydrogens (tertiary/aromatic N) is 1. The van der Waals surface area contributed by atoms with E-state index in [1.54, 1.807) is 0 Å². The van der Waals surface area contributed by atoms with Crippen molar-refractivity contribution in [1.29, 1.82) is 0 Å². The van der Waals surface area contributed by atoms with Crippen molar-refractivity contribution in [3.63, 3.8) is 0 Å². The topological polar surface area (TPSA) is 61.4 Å². The van der Waals surface area contributed by atoms with E-state index in [2.05, 4.69) is 17.6 Å². The van der Waals surface area contributed by atoms with Gasteiger partial charge in [0.2, 0.25) is 11.8 Å². The number of hydrogen-bond acceptors (Lipinski definition) is 4. The van der Waals surface area contributed by atoms with Crippen LogP contribution < -0.4 is 10.6 Å². The van der Waals surface area contributed by atoms with E-state index in [0.717, 1.165) is 32.5 Å². The van der Waals surface area contributed by atoms with Crippen molar-refractivity contribution < 1.29 is 14.0 Å². The van der Waals surface area contributed by atoms with Crippen molar-refractivity contribution in [3.8, 4) is 0 Å². The fourth-order valence-corrected chi connectivity index (χ4v) is 3.61. The summed E-state index contributed by atoms with van der Waals surface area (Å²) >= 11 is 1.33. The number of hydrogen-bond donors (Lipinski definition) is 2. The van der Waals surface area contributed by atoms with Crippen LogP contribution in [0.15, 0.2) is 24.3 Å². The molecule has 0 spiro atoms. The van der Waals surface area contributed by atoms with Crippen LogP contribution in [0, 0.1) is 5.82 Å². The van der Waals surface area contributed by atoms with Gasteiger partial charge in [-0.3, -0.25) is 9.59 Å². The van der Waals surface area contributed by atoms with E-state index in [0.29, 0.717) is 5.69 Å². The van der Waals surface area contributed by atoms with E-state index in [9.17, 15) is 14.0 Å². The van der Waals surface area contributed by atoms with Gasteiger partial charge in [-0.25, -0.2) is 4.39 Å². The summed E-state index contributed by atoms with van der Waals surface area (Å²) < 4.78 is 12.9. The summed E-state index contributed by atoms with van der Waals surface area (Å²) in [6, 6.07) is 5.88. The second-order valence-electron chi connectivity index (χ2n) is 6.19. The molecule has 138 valence electrons. The zero-order valence-electron chi connectivity index (χ0n) is 14.8. The van der Waals surface area contributed by atoms with Crippen molar-refractivity contribution in [2.24, 2.45) is 0 Å². The molecule has 0 aromatic heterocycles. The van der Waals surface area contributed by atoms with E-state index in [1.807, 2.05) is 11.8 Å². The molecule has 25 heavy (non-hydrogen) atoms. The molecular weight excluding hydrogens is 341 g/mol. The average Bonchev–Trinajstić information content (AvgIpc) is 3.13. The van der Waals surface area contributed by atoms with Gasteiger partial charge in [0, 0.05) is 24.8 Å². The summed E-state index contributed by atoms with van der Waals surface area (Å²) in [6.07, 6.45) is 1.90. The molecule has 2 rings (SSSR count). The van der Waals surface area contributed by atoms with Crippen LogP contribution in [0.3, 0.4) is 0 Å². The Morgan fingerprint density at radius 2 is 2.12 bits per heavy atom. The highest BCUT2D eigenvalue weighted by atomic mass is 32.2. The molecule has 1 aromatic rings. The Balaban J connectivity index is 1.82. The van der Waals surface area contributed by atoms with E-state index in [-0.39, 0.29) is 34.7 Å². The van der Waals surface area contributed by atoms with E-state index in [4.69, 9.17) is 0 Å². The number of rotatable bonds is 8. The predicted octanol–water partition coefficient (Wildman–Crippen LogP) is 2.49. The van der Waals surface area contributed by atoms with Crippen molar-refractivity contribution in [3.05, 3.63) is 30.1 Å². The summed E-state index contributed by atoms with van der Waals surface area (Å²) in [7, 11) is 0. The molecule has 5 nitrogen and oxygen atoms in total. The van der Waals surface area contributed by atoms with E-state index >= 15 is 0 Å². The van der Waals surface area contributed by atoms with Gasteiger partial charge in [0.25, 0.3) is 0 Å². The molecule has 0 bridgehead atoms. The van der Waals surface area contributed by atoms with Crippen LogP contribution >= 0.6 is 11.8 Å². The fraction of sp³-hybridized carbons (Fsp3) is 0.556. The molecule has 1 aliphatic rings. The Kier molecular flexibility index (Phi) is 7.71. The third kappa shape index (κ3) is 6.01. The third-order valence-electron chi connectivity index (χ3n) is 4.16. The van der Waals surface area contributed by atoms with Crippen molar-refractivity contribution in [2.75, 3.05) is 30.7 Å². The number of carbonyl (C=O) groups is 2. The SMILES string of the molecule is CCCN(C(=O)C(C)SCC(=O)Nc1ccc(F)cc1)C1CCNC1. The molecule has 1 heterocycles. The zero-order valence-corrected chi connectivity index (χ0v) is 15.6. The minimum atomic E-state index is -0.344. The normalized spacial score (nSPS) is 18.0. The average molecular weight is 367 g/mol. The van der Waals surface area contributed by atoms with E-state index < -0.39 is 0 Å². The fourth-order valence-electron chi connectivity index (χ4n) is 2.85. The second kappa shape index (κ2) is 9.77. The summed E-state index contributed by atoms with van der Waals surface area (Å²) in [4.78, 5) is 26.7. The molecular formula is C18H26FN3O2S. The summed E-state index contributed by atoms with van der Waals surface area (Å²) in [5, 5.41) is 5.73. The van der Waals surface area contributed by atoms with Crippen LogP contribution in [-0.2, 0) is 9.59 Å². The Bertz CT molecular complexity index is 576. The lowest BCUT2D eigenvalue weighted by atomic mass is 10.2. The molecule has 2 unspecified atom stereocenters. The number of carbonyl (C=O) groups excluding carboxylic acids is 2. The first kappa shape index (κ1) is 19.7. The smallest absolute Gasteiger partial charge is 0.235 e. The minimum Gasteiger partial charge on any atom is -0.337 e. The first-order valence-corrected chi connectivity index (χ1v) is 9.74. The summed E-state index contributed by atoms with van der Waals surface area (Å²) in [5.74, 6) is -0.257. The largest absolute Gasteiger partial charge is 0.337 e. The molecule has 1 aliphatic heterocycles. The maximum absolute atomic E-state index is 12.9. The quantitative estimate of drug-likeness (QED) is 0.741. The lowest BCUT2D eigenvalue weighted by Crippen LogP contribution is -2.45. The summed E-state index contributed by atoms with van der Waals surface area (Å²) in [6.45, 7) is 6.45. The van der Waals surface area contributed by atoms with Crippen LogP contribution in [0.2, 0.25) is 0 Å². The highest BCUT2D eigenvalue weighted by molar-refractivity contribution is 8.01. The second-order valence-corrected chi connectivity index (χ2v) is 7.52. The molecule has 2 N–H and O–H groups in total. The molecule has 2 amide bonds. The van der Waals surface area contributed by atoms with Crippen LogP contribution in [-0.4, -0.2) is 53.4 Å². The van der Waals surface area contributed by atoms with Crippen molar-refractivity contribution in [1.82, 2.24) is 10.2 Å². The van der Waals surface area contributed by atoms with Crippen LogP contribution in [0.25, 0.3) is 0 Å². The zero-order chi connectivity index (χ0) is 18.2. The van der Waals surface area contributed by atoms with Gasteiger partial charge < -0.3 is 15.5 Å². The maximum atomic E-state index is 12.9. The lowest BCUT2D eigenvalue weighted by Gasteiger charge is -2.30. The number of anilines is 1. The number of halogens is 1. The molecule has 0 aliphatic carbocycles. The van der Waals surface area contributed by atoms with Gasteiger partial charge in [-0.15, -0.1) is 11.8 Å². The summed E-state index contributed by atoms with van der Waals surface area (Å²) in [5.41, 5.74) is 0.551. The molecule has 0 saturated carbocycles. The van der Waals surface area contributed by atoms with Gasteiger partial charge in [0.05, 0.1) is 11.0 Å². The Morgan fingerprint density at radius 3 is 2.72 bits per heavy atom. The molecule has 1 aromatic carbocycles. The van der Waals surface area contributed by atoms with Crippen LogP contribution in [0.4, 0.5) is 10.1 Å². The molecule has 2 atom stereocenters. The Labute approximate surface area is 152 Å². The number of amides is 2. The Morgan fingerprint density at radius 1 is 1.40 bits per heavy atom. The van der Waals surface area contributed by atoms with Gasteiger partial charge in [-0.05, 0) is 50.6 Å². The molecule has 7 heteroatoms. The van der Waals surface area contributed by atoms with Gasteiger partial charge in [0.15, 0.2) is 0 Å². The highest BCUT2D eigenvalue weighted by Crippen LogP contribution is 2.18. The monoisotopic (exact) mass is 367 g/mol. The Hall–Kier alpha value is -1.60. The predicted molar refractivity (Wildman–Crippen MR) is 100 cm³/mol. The van der Waals surface area contributed by atoms with Crippen LogP contribution in [0.5, 0.6) is 0 Å². The molecule has 0 radical (unpaired) electrons. The number of nitrogens with one attached hydrogen (secondary N) is 2. The highest BCUT2D eigenvalue weighted by Gasteiger charge is 2.29. The van der Waals surface area contributed by atoms with Crippen molar-refractivity contribution >= 4 is 29.3 Å². The first-order valence-electron chi connectivity index (χ1n) is 8.69. The molecule has 1 saturated heterocycles. The maximum Gasteiger partial charge on any atom is 0.235 e. The van der Waals surface area contributed by atoms with Crippen LogP contribution in [0.1, 0.15) is 26.7 Å². The van der Waals surface area contributed by atoms with Crippen molar-refractivity contribution in [2.45, 2.75) is 38.0 Å². The van der Waals surface area contributed by atoms with Gasteiger partial charge >= 0.3 is 0 Å². The van der Waals surface area contributed by atoms with Gasteiger partial charge in [-0.2, -0.15) is 0 Å². The van der Waals surface area contributed by atoms with Gasteiger partial charge in [0.1, 0.15) is 5.82 Å². The minimum absolute atomic E-state index is 0.0927.